The van der Waals surface area contributed by atoms with Crippen LogP contribution in [0.15, 0.2) is 24.4 Å². The van der Waals surface area contributed by atoms with Gasteiger partial charge >= 0.3 is 6.61 Å². The lowest BCUT2D eigenvalue weighted by Gasteiger charge is -2.12. The van der Waals surface area contributed by atoms with Crippen molar-refractivity contribution in [3.8, 4) is 5.75 Å². The summed E-state index contributed by atoms with van der Waals surface area (Å²) in [5, 5.41) is 6.58. The van der Waals surface area contributed by atoms with E-state index >= 15 is 0 Å². The van der Waals surface area contributed by atoms with E-state index in [1.165, 1.54) is 10.7 Å². The van der Waals surface area contributed by atoms with Gasteiger partial charge in [0, 0.05) is 13.2 Å². The second kappa shape index (κ2) is 6.37. The highest BCUT2D eigenvalue weighted by Gasteiger charge is 2.17. The van der Waals surface area contributed by atoms with Crippen molar-refractivity contribution in [1.82, 2.24) is 9.78 Å². The second-order valence-corrected chi connectivity index (χ2v) is 5.49. The number of alkyl halides is 2. The lowest BCUT2D eigenvalue weighted by atomic mass is 10.2. The summed E-state index contributed by atoms with van der Waals surface area (Å²) in [5.74, 6) is -0.570. The monoisotopic (exact) mass is 407 g/mol. The Morgan fingerprint density at radius 1 is 1.48 bits per heavy atom. The number of nitrogens with zero attached hydrogens (tertiary/aromatic N) is 2. The normalized spacial score (nSPS) is 10.8. The van der Waals surface area contributed by atoms with Crippen molar-refractivity contribution >= 4 is 34.2 Å². The minimum atomic E-state index is -2.96. The molecule has 2 aromatic rings. The molecule has 0 aliphatic rings. The van der Waals surface area contributed by atoms with Gasteiger partial charge in [-0.15, -0.1) is 0 Å². The number of ether oxygens (including phenoxy) is 1. The van der Waals surface area contributed by atoms with Gasteiger partial charge in [-0.3, -0.25) is 9.48 Å². The van der Waals surface area contributed by atoms with Crippen LogP contribution in [0.2, 0.25) is 0 Å². The van der Waals surface area contributed by atoms with Crippen molar-refractivity contribution in [3.63, 3.8) is 0 Å². The van der Waals surface area contributed by atoms with Crippen LogP contribution in [-0.2, 0) is 7.05 Å². The Balaban J connectivity index is 2.28. The number of aryl methyl sites for hydroxylation is 2. The van der Waals surface area contributed by atoms with Gasteiger partial charge in [0.1, 0.15) is 5.75 Å². The topological polar surface area (TPSA) is 56.1 Å². The number of nitrogens with one attached hydrogen (secondary N) is 1. The summed E-state index contributed by atoms with van der Waals surface area (Å²) in [6, 6.07) is 4.57. The largest absolute Gasteiger partial charge is 0.433 e. The first kappa shape index (κ1) is 15.7. The molecular weight excluding hydrogens is 395 g/mol. The smallest absolute Gasteiger partial charge is 0.387 e. The Morgan fingerprint density at radius 3 is 2.76 bits per heavy atom. The summed E-state index contributed by atoms with van der Waals surface area (Å²) in [7, 11) is 1.69. The van der Waals surface area contributed by atoms with Gasteiger partial charge in [-0.1, -0.05) is 6.07 Å². The molecule has 0 saturated heterocycles. The highest BCUT2D eigenvalue weighted by atomic mass is 127. The fraction of sp³-hybridized carbons (Fsp3) is 0.231. The van der Waals surface area contributed by atoms with E-state index in [0.29, 0.717) is 3.57 Å². The summed E-state index contributed by atoms with van der Waals surface area (Å²) in [5.41, 5.74) is 1.21. The molecule has 0 saturated carbocycles. The molecule has 8 heteroatoms. The van der Waals surface area contributed by atoms with Gasteiger partial charge in [0.05, 0.1) is 9.26 Å². The van der Waals surface area contributed by atoms with Gasteiger partial charge < -0.3 is 10.1 Å². The lowest BCUT2D eigenvalue weighted by Crippen LogP contribution is -2.16. The maximum atomic E-state index is 12.4. The molecule has 1 amide bonds. The molecule has 0 aliphatic heterocycles. The van der Waals surface area contributed by atoms with Crippen LogP contribution < -0.4 is 10.1 Å². The number of halogens is 3. The van der Waals surface area contributed by atoms with E-state index in [4.69, 9.17) is 0 Å². The number of hydrogen-bond donors (Lipinski definition) is 1. The van der Waals surface area contributed by atoms with Crippen LogP contribution >= 0.6 is 22.6 Å². The third-order valence-corrected chi connectivity index (χ3v) is 3.39. The lowest BCUT2D eigenvalue weighted by molar-refractivity contribution is -0.0493. The van der Waals surface area contributed by atoms with Crippen LogP contribution in [0.4, 0.5) is 14.5 Å². The number of aromatic nitrogens is 2. The van der Waals surface area contributed by atoms with Crippen molar-refractivity contribution in [2.24, 2.45) is 7.05 Å². The third-order valence-electron chi connectivity index (χ3n) is 2.60. The fourth-order valence-electron chi connectivity index (χ4n) is 1.74. The van der Waals surface area contributed by atoms with Crippen molar-refractivity contribution in [2.75, 3.05) is 5.32 Å². The number of benzene rings is 1. The second-order valence-electron chi connectivity index (χ2n) is 4.33. The van der Waals surface area contributed by atoms with E-state index in [1.807, 2.05) is 22.6 Å². The molecule has 0 bridgehead atoms. The van der Waals surface area contributed by atoms with E-state index < -0.39 is 12.5 Å². The fourth-order valence-corrected chi connectivity index (χ4v) is 2.49. The van der Waals surface area contributed by atoms with Gasteiger partial charge in [-0.05, 0) is 47.2 Å². The summed E-state index contributed by atoms with van der Waals surface area (Å²) >= 11 is 1.98. The van der Waals surface area contributed by atoms with E-state index in [9.17, 15) is 13.6 Å². The first-order chi connectivity index (χ1) is 9.86. The number of carbonyl (C=O) groups excluding carboxylic acids is 1. The minimum absolute atomic E-state index is 0.0881. The zero-order chi connectivity index (χ0) is 15.6. The molecular formula is C13H12F2IN3O2. The highest BCUT2D eigenvalue weighted by molar-refractivity contribution is 14.1. The number of amides is 1. The van der Waals surface area contributed by atoms with Crippen LogP contribution in [0, 0.1) is 10.5 Å². The molecule has 1 aromatic carbocycles. The Bertz CT molecular complexity index is 673. The zero-order valence-corrected chi connectivity index (χ0v) is 13.4. The molecule has 0 fully saturated rings. The zero-order valence-electron chi connectivity index (χ0n) is 11.2. The molecule has 1 N–H and O–H groups in total. The molecule has 2 rings (SSSR count). The number of rotatable bonds is 4. The van der Waals surface area contributed by atoms with Crippen molar-refractivity contribution < 1.29 is 18.3 Å². The Labute approximate surface area is 133 Å². The average molecular weight is 407 g/mol. The Morgan fingerprint density at radius 2 is 2.19 bits per heavy atom. The van der Waals surface area contributed by atoms with Crippen LogP contribution in [0.25, 0.3) is 0 Å². The quantitative estimate of drug-likeness (QED) is 0.793. The molecule has 21 heavy (non-hydrogen) atoms. The van der Waals surface area contributed by atoms with Gasteiger partial charge in [0.25, 0.3) is 5.91 Å². The summed E-state index contributed by atoms with van der Waals surface area (Å²) < 4.78 is 31.3. The molecule has 0 radical (unpaired) electrons. The predicted octanol–water partition coefficient (Wildman–Crippen LogP) is 3.19. The van der Waals surface area contributed by atoms with Crippen molar-refractivity contribution in [2.45, 2.75) is 13.5 Å². The van der Waals surface area contributed by atoms with Gasteiger partial charge in [0.2, 0.25) is 0 Å². The number of carbonyl (C=O) groups is 1. The Hall–Kier alpha value is -1.71. The predicted molar refractivity (Wildman–Crippen MR) is 81.7 cm³/mol. The summed E-state index contributed by atoms with van der Waals surface area (Å²) in [4.78, 5) is 12.2. The van der Waals surface area contributed by atoms with Crippen LogP contribution in [0.5, 0.6) is 5.75 Å². The first-order valence-corrected chi connectivity index (χ1v) is 7.00. The molecule has 0 unspecified atom stereocenters. The molecule has 1 heterocycles. The standard InChI is InChI=1S/C13H12F2IN3O2/c1-7-3-4-10(21-13(14)15)9(5-7)17-12(20)11-8(16)6-19(2)18-11/h3-6,13H,1-2H3,(H,17,20). The maximum absolute atomic E-state index is 12.4. The average Bonchev–Trinajstić information content (AvgIpc) is 2.71. The minimum Gasteiger partial charge on any atom is -0.433 e. The summed E-state index contributed by atoms with van der Waals surface area (Å²) in [6.45, 7) is -1.18. The molecule has 0 aliphatic carbocycles. The van der Waals surface area contributed by atoms with E-state index in [-0.39, 0.29) is 17.1 Å². The highest BCUT2D eigenvalue weighted by Crippen LogP contribution is 2.28. The Kier molecular flexibility index (Phi) is 4.76. The van der Waals surface area contributed by atoms with Crippen LogP contribution in [0.3, 0.4) is 0 Å². The van der Waals surface area contributed by atoms with Crippen LogP contribution in [0.1, 0.15) is 16.1 Å². The van der Waals surface area contributed by atoms with Crippen molar-refractivity contribution in [1.29, 1.82) is 0 Å². The molecule has 1 aromatic heterocycles. The van der Waals surface area contributed by atoms with E-state index in [0.717, 1.165) is 5.56 Å². The third kappa shape index (κ3) is 3.90. The van der Waals surface area contributed by atoms with Crippen molar-refractivity contribution in [3.05, 3.63) is 39.2 Å². The first-order valence-electron chi connectivity index (χ1n) is 5.93. The number of anilines is 1. The van der Waals surface area contributed by atoms with E-state index in [1.54, 1.807) is 32.3 Å². The SMILES string of the molecule is Cc1ccc(OC(F)F)c(NC(=O)c2nn(C)cc2I)c1. The molecule has 0 spiro atoms. The van der Waals surface area contributed by atoms with Gasteiger partial charge in [0.15, 0.2) is 5.69 Å². The maximum Gasteiger partial charge on any atom is 0.387 e. The summed E-state index contributed by atoms with van der Waals surface area (Å²) in [6.07, 6.45) is 1.68. The van der Waals surface area contributed by atoms with Gasteiger partial charge in [-0.2, -0.15) is 13.9 Å². The van der Waals surface area contributed by atoms with Crippen LogP contribution in [-0.4, -0.2) is 22.3 Å². The molecule has 112 valence electrons. The van der Waals surface area contributed by atoms with Gasteiger partial charge in [-0.25, -0.2) is 0 Å². The number of hydrogen-bond acceptors (Lipinski definition) is 3. The molecule has 0 atom stereocenters. The molecule has 5 nitrogen and oxygen atoms in total. The van der Waals surface area contributed by atoms with E-state index in [2.05, 4.69) is 15.2 Å².